The fourth-order valence-electron chi connectivity index (χ4n) is 4.89. The number of sulfonamides is 1. The van der Waals surface area contributed by atoms with Crippen LogP contribution in [-0.4, -0.2) is 35.3 Å². The number of hydrogen-bond acceptors (Lipinski definition) is 5. The van der Waals surface area contributed by atoms with Crippen LogP contribution in [0.4, 0.5) is 5.69 Å². The van der Waals surface area contributed by atoms with Gasteiger partial charge in [0.25, 0.3) is 0 Å². The Hall–Kier alpha value is -3.93. The van der Waals surface area contributed by atoms with Crippen LogP contribution in [0.5, 0.6) is 0 Å². The number of benzene rings is 3. The van der Waals surface area contributed by atoms with Crippen molar-refractivity contribution in [2.75, 3.05) is 11.4 Å². The maximum Gasteiger partial charge on any atom is 0.243 e. The standard InChI is InChI=1S/C28H27N5O2S/c1-21(23-8-4-2-5-9-23)28-19-32(18-25-16-30-20-31-25)27-13-12-22(15-29)14-24(27)17-33(28)36(34,35)26-10-6-3-7-11-26/h2-14,16,20-21,28H,17-19H2,1H3,(H,30,31)/t21-,28?/m1/s1. The van der Waals surface area contributed by atoms with Crippen molar-refractivity contribution in [3.05, 3.63) is 114 Å². The summed E-state index contributed by atoms with van der Waals surface area (Å²) in [6.07, 6.45) is 3.49. The van der Waals surface area contributed by atoms with Gasteiger partial charge in [0.05, 0.1) is 35.1 Å². The minimum atomic E-state index is -3.83. The average molecular weight is 498 g/mol. The number of aromatic amines is 1. The highest BCUT2D eigenvalue weighted by Gasteiger charge is 2.39. The fraction of sp³-hybridized carbons (Fsp3) is 0.214. The largest absolute Gasteiger partial charge is 0.364 e. The Labute approximate surface area is 211 Å². The second kappa shape index (κ2) is 9.97. The first kappa shape index (κ1) is 23.8. The highest BCUT2D eigenvalue weighted by Crippen LogP contribution is 2.37. The summed E-state index contributed by atoms with van der Waals surface area (Å²) >= 11 is 0. The van der Waals surface area contributed by atoms with Crippen LogP contribution < -0.4 is 4.90 Å². The zero-order chi connectivity index (χ0) is 25.1. The summed E-state index contributed by atoms with van der Waals surface area (Å²) in [7, 11) is -3.83. The van der Waals surface area contributed by atoms with Gasteiger partial charge in [-0.2, -0.15) is 9.57 Å². The van der Waals surface area contributed by atoms with E-state index in [0.29, 0.717) is 18.7 Å². The monoisotopic (exact) mass is 497 g/mol. The number of rotatable bonds is 6. The summed E-state index contributed by atoms with van der Waals surface area (Å²) in [4.78, 5) is 9.85. The van der Waals surface area contributed by atoms with Crippen LogP contribution >= 0.6 is 0 Å². The van der Waals surface area contributed by atoms with E-state index in [1.54, 1.807) is 47.0 Å². The zero-order valence-corrected chi connectivity index (χ0v) is 20.8. The van der Waals surface area contributed by atoms with Gasteiger partial charge in [-0.3, -0.25) is 0 Å². The second-order valence-corrected chi connectivity index (χ2v) is 10.9. The third-order valence-electron chi connectivity index (χ3n) is 6.81. The number of nitriles is 1. The van der Waals surface area contributed by atoms with Gasteiger partial charge in [-0.05, 0) is 47.4 Å². The zero-order valence-electron chi connectivity index (χ0n) is 19.9. The molecule has 7 nitrogen and oxygen atoms in total. The molecule has 1 aliphatic rings. The van der Waals surface area contributed by atoms with Gasteiger partial charge in [0.15, 0.2) is 0 Å². The Bertz CT molecular complexity index is 1470. The van der Waals surface area contributed by atoms with E-state index in [0.717, 1.165) is 22.5 Å². The molecule has 182 valence electrons. The van der Waals surface area contributed by atoms with E-state index in [1.807, 2.05) is 48.7 Å². The van der Waals surface area contributed by atoms with Crippen molar-refractivity contribution in [1.29, 1.82) is 5.26 Å². The molecule has 0 spiro atoms. The lowest BCUT2D eigenvalue weighted by atomic mass is 9.93. The molecule has 1 N–H and O–H groups in total. The molecule has 0 bridgehead atoms. The van der Waals surface area contributed by atoms with Gasteiger partial charge in [-0.1, -0.05) is 55.5 Å². The SMILES string of the molecule is C[C@H](c1ccccc1)C1CN(Cc2c[nH]cn2)c2ccc(C#N)cc2CN1S(=O)(=O)c1ccccc1. The first-order valence-corrected chi connectivity index (χ1v) is 13.3. The van der Waals surface area contributed by atoms with Crippen LogP contribution in [0.25, 0.3) is 0 Å². The van der Waals surface area contributed by atoms with Crippen LogP contribution in [0.15, 0.2) is 96.3 Å². The van der Waals surface area contributed by atoms with Crippen LogP contribution in [0.1, 0.15) is 35.2 Å². The molecule has 8 heteroatoms. The van der Waals surface area contributed by atoms with Crippen molar-refractivity contribution < 1.29 is 8.42 Å². The predicted molar refractivity (Wildman–Crippen MR) is 139 cm³/mol. The van der Waals surface area contributed by atoms with Crippen molar-refractivity contribution >= 4 is 15.7 Å². The highest BCUT2D eigenvalue weighted by molar-refractivity contribution is 7.89. The molecule has 1 unspecified atom stereocenters. The van der Waals surface area contributed by atoms with Gasteiger partial charge in [0, 0.05) is 31.0 Å². The highest BCUT2D eigenvalue weighted by atomic mass is 32.2. The number of imidazole rings is 1. The minimum absolute atomic E-state index is 0.0869. The summed E-state index contributed by atoms with van der Waals surface area (Å²) in [5.41, 5.74) is 4.13. The molecule has 0 fully saturated rings. The smallest absolute Gasteiger partial charge is 0.243 e. The average Bonchev–Trinajstić information content (AvgIpc) is 3.37. The quantitative estimate of drug-likeness (QED) is 0.418. The van der Waals surface area contributed by atoms with Crippen LogP contribution in [0.3, 0.4) is 0 Å². The number of nitrogens with one attached hydrogen (secondary N) is 1. The molecule has 1 aliphatic heterocycles. The summed E-state index contributed by atoms with van der Waals surface area (Å²) in [5, 5.41) is 9.57. The molecule has 4 aromatic rings. The van der Waals surface area contributed by atoms with Gasteiger partial charge in [-0.25, -0.2) is 13.4 Å². The first-order valence-electron chi connectivity index (χ1n) is 11.8. The van der Waals surface area contributed by atoms with Crippen molar-refractivity contribution in [3.63, 3.8) is 0 Å². The van der Waals surface area contributed by atoms with E-state index in [-0.39, 0.29) is 23.4 Å². The van der Waals surface area contributed by atoms with E-state index in [2.05, 4.69) is 27.9 Å². The normalized spacial score (nSPS) is 17.1. The molecule has 0 aliphatic carbocycles. The molecule has 0 saturated carbocycles. The maximum absolute atomic E-state index is 14.1. The summed E-state index contributed by atoms with van der Waals surface area (Å²) in [6, 6.07) is 25.9. The van der Waals surface area contributed by atoms with Crippen molar-refractivity contribution in [1.82, 2.24) is 14.3 Å². The molecule has 2 atom stereocenters. The Morgan fingerprint density at radius 3 is 2.47 bits per heavy atom. The number of anilines is 1. The van der Waals surface area contributed by atoms with Gasteiger partial charge >= 0.3 is 0 Å². The molecule has 1 aromatic heterocycles. The molecule has 2 heterocycles. The summed E-state index contributed by atoms with van der Waals surface area (Å²) in [6.45, 7) is 3.23. The molecule has 0 saturated heterocycles. The summed E-state index contributed by atoms with van der Waals surface area (Å²) in [5.74, 6) is -0.0869. The number of hydrogen-bond donors (Lipinski definition) is 1. The fourth-order valence-corrected chi connectivity index (χ4v) is 6.58. The minimum Gasteiger partial charge on any atom is -0.364 e. The Morgan fingerprint density at radius 2 is 1.81 bits per heavy atom. The van der Waals surface area contributed by atoms with Gasteiger partial charge in [-0.15, -0.1) is 0 Å². The molecule has 0 radical (unpaired) electrons. The van der Waals surface area contributed by atoms with Crippen LogP contribution in [-0.2, 0) is 23.1 Å². The number of fused-ring (bicyclic) bond motifs is 1. The molecule has 0 amide bonds. The van der Waals surface area contributed by atoms with Gasteiger partial charge in [0.1, 0.15) is 0 Å². The maximum atomic E-state index is 14.1. The molecular weight excluding hydrogens is 470 g/mol. The number of nitrogens with zero attached hydrogens (tertiary/aromatic N) is 4. The molecule has 3 aromatic carbocycles. The van der Waals surface area contributed by atoms with Crippen molar-refractivity contribution in [3.8, 4) is 6.07 Å². The van der Waals surface area contributed by atoms with E-state index in [9.17, 15) is 13.7 Å². The third kappa shape index (κ3) is 4.63. The predicted octanol–water partition coefficient (Wildman–Crippen LogP) is 4.66. The molecular formula is C28H27N5O2S. The number of aromatic nitrogens is 2. The number of H-pyrrole nitrogens is 1. The van der Waals surface area contributed by atoms with E-state index in [4.69, 9.17) is 0 Å². The first-order chi connectivity index (χ1) is 17.5. The lowest BCUT2D eigenvalue weighted by Crippen LogP contribution is -2.47. The molecule has 36 heavy (non-hydrogen) atoms. The van der Waals surface area contributed by atoms with Gasteiger partial charge in [0.2, 0.25) is 10.0 Å². The Morgan fingerprint density at radius 1 is 1.08 bits per heavy atom. The van der Waals surface area contributed by atoms with E-state index >= 15 is 0 Å². The van der Waals surface area contributed by atoms with E-state index in [1.165, 1.54) is 0 Å². The van der Waals surface area contributed by atoms with Crippen LogP contribution in [0, 0.1) is 11.3 Å². The van der Waals surface area contributed by atoms with Crippen LogP contribution in [0.2, 0.25) is 0 Å². The Kier molecular flexibility index (Phi) is 6.59. The second-order valence-electron chi connectivity index (χ2n) is 9.03. The molecule has 5 rings (SSSR count). The third-order valence-corrected chi connectivity index (χ3v) is 8.70. The topological polar surface area (TPSA) is 93.1 Å². The summed E-state index contributed by atoms with van der Waals surface area (Å²) < 4.78 is 29.8. The van der Waals surface area contributed by atoms with Crippen molar-refractivity contribution in [2.45, 2.75) is 36.9 Å². The van der Waals surface area contributed by atoms with Crippen molar-refractivity contribution in [2.24, 2.45) is 0 Å². The van der Waals surface area contributed by atoms with E-state index < -0.39 is 10.0 Å². The lowest BCUT2D eigenvalue weighted by Gasteiger charge is -2.36. The lowest BCUT2D eigenvalue weighted by molar-refractivity contribution is 0.288. The van der Waals surface area contributed by atoms with Gasteiger partial charge < -0.3 is 9.88 Å². The Balaban J connectivity index is 1.66.